The van der Waals surface area contributed by atoms with Crippen LogP contribution >= 0.6 is 0 Å². The van der Waals surface area contributed by atoms with E-state index in [0.717, 1.165) is 25.7 Å². The molecule has 0 aliphatic rings. The van der Waals surface area contributed by atoms with Gasteiger partial charge in [0, 0.05) is 20.1 Å². The number of nitrogens with one attached hydrogen (secondary N) is 2. The maximum absolute atomic E-state index is 11.8. The van der Waals surface area contributed by atoms with E-state index < -0.39 is 5.97 Å². The Morgan fingerprint density at radius 1 is 1.19 bits per heavy atom. The van der Waals surface area contributed by atoms with Crippen molar-refractivity contribution in [2.75, 3.05) is 20.3 Å². The summed E-state index contributed by atoms with van der Waals surface area (Å²) in [7, 11) is 1.62. The summed E-state index contributed by atoms with van der Waals surface area (Å²) in [6.07, 6.45) is 4.46. The summed E-state index contributed by atoms with van der Waals surface area (Å²) in [6.45, 7) is 5.19. The van der Waals surface area contributed by atoms with E-state index in [9.17, 15) is 9.59 Å². The van der Waals surface area contributed by atoms with Crippen molar-refractivity contribution in [3.63, 3.8) is 0 Å². The smallest absolute Gasteiger partial charge is 0.315 e. The largest absolute Gasteiger partial charge is 0.481 e. The molecule has 124 valence electrons. The number of hydrogen-bond donors (Lipinski definition) is 3. The Kier molecular flexibility index (Phi) is 11.7. The minimum atomic E-state index is -0.763. The van der Waals surface area contributed by atoms with Crippen molar-refractivity contribution < 1.29 is 19.4 Å². The fourth-order valence-electron chi connectivity index (χ4n) is 2.25. The monoisotopic (exact) mass is 302 g/mol. The molecule has 0 fully saturated rings. The van der Waals surface area contributed by atoms with Crippen molar-refractivity contribution in [1.82, 2.24) is 10.6 Å². The summed E-state index contributed by atoms with van der Waals surface area (Å²) >= 11 is 0. The number of carboxylic acid groups (broad SMARTS) is 1. The number of carbonyl (C=O) groups is 2. The van der Waals surface area contributed by atoms with Crippen LogP contribution in [0, 0.1) is 5.92 Å². The molecule has 6 heteroatoms. The van der Waals surface area contributed by atoms with E-state index in [0.29, 0.717) is 25.5 Å². The van der Waals surface area contributed by atoms with Crippen molar-refractivity contribution in [2.24, 2.45) is 5.92 Å². The van der Waals surface area contributed by atoms with E-state index in [1.54, 1.807) is 7.11 Å². The second kappa shape index (κ2) is 12.4. The molecule has 2 atom stereocenters. The average molecular weight is 302 g/mol. The summed E-state index contributed by atoms with van der Waals surface area (Å²) < 4.78 is 5.07. The highest BCUT2D eigenvalue weighted by molar-refractivity contribution is 5.74. The number of urea groups is 1. The van der Waals surface area contributed by atoms with Gasteiger partial charge in [-0.2, -0.15) is 0 Å². The third kappa shape index (κ3) is 11.1. The SMILES string of the molecule is CCCC(COC)NC(=O)NCCC(CC)CCC(=O)O. The van der Waals surface area contributed by atoms with Crippen molar-refractivity contribution >= 4 is 12.0 Å². The number of hydrogen-bond acceptors (Lipinski definition) is 3. The summed E-state index contributed by atoms with van der Waals surface area (Å²) in [4.78, 5) is 22.3. The Morgan fingerprint density at radius 3 is 2.43 bits per heavy atom. The van der Waals surface area contributed by atoms with E-state index in [1.165, 1.54) is 0 Å². The van der Waals surface area contributed by atoms with Gasteiger partial charge < -0.3 is 20.5 Å². The lowest BCUT2D eigenvalue weighted by atomic mass is 9.97. The predicted octanol–water partition coefficient (Wildman–Crippen LogP) is 2.38. The predicted molar refractivity (Wildman–Crippen MR) is 82.4 cm³/mol. The first-order valence-electron chi connectivity index (χ1n) is 7.78. The maximum atomic E-state index is 11.8. The molecule has 0 spiro atoms. The molecule has 0 aromatic heterocycles. The molecule has 0 radical (unpaired) electrons. The zero-order valence-electron chi connectivity index (χ0n) is 13.5. The first-order chi connectivity index (χ1) is 10.0. The third-order valence-electron chi connectivity index (χ3n) is 3.52. The lowest BCUT2D eigenvalue weighted by molar-refractivity contribution is -0.137. The van der Waals surface area contributed by atoms with Crippen LogP contribution in [0.25, 0.3) is 0 Å². The normalized spacial score (nSPS) is 13.5. The van der Waals surface area contributed by atoms with Gasteiger partial charge in [-0.15, -0.1) is 0 Å². The van der Waals surface area contributed by atoms with Crippen LogP contribution in [0.3, 0.4) is 0 Å². The second-order valence-corrected chi connectivity index (χ2v) is 5.34. The van der Waals surface area contributed by atoms with Crippen LogP contribution in [0.4, 0.5) is 4.79 Å². The van der Waals surface area contributed by atoms with Gasteiger partial charge in [0.25, 0.3) is 0 Å². The highest BCUT2D eigenvalue weighted by atomic mass is 16.5. The summed E-state index contributed by atoms with van der Waals surface area (Å²) in [6, 6.07) is -0.146. The van der Waals surface area contributed by atoms with Crippen LogP contribution < -0.4 is 10.6 Å². The fourth-order valence-corrected chi connectivity index (χ4v) is 2.25. The van der Waals surface area contributed by atoms with E-state index >= 15 is 0 Å². The molecule has 0 saturated heterocycles. The molecule has 6 nitrogen and oxygen atoms in total. The molecule has 0 aromatic carbocycles. The van der Waals surface area contributed by atoms with Gasteiger partial charge in [-0.05, 0) is 25.2 Å². The molecule has 0 aromatic rings. The van der Waals surface area contributed by atoms with E-state index in [4.69, 9.17) is 9.84 Å². The van der Waals surface area contributed by atoms with Crippen molar-refractivity contribution in [3.05, 3.63) is 0 Å². The van der Waals surface area contributed by atoms with Gasteiger partial charge in [0.05, 0.1) is 12.6 Å². The third-order valence-corrected chi connectivity index (χ3v) is 3.52. The number of methoxy groups -OCH3 is 1. The standard InChI is InChI=1S/C15H30N2O4/c1-4-6-13(11-21-3)17-15(20)16-10-9-12(5-2)7-8-14(18)19/h12-13H,4-11H2,1-3H3,(H,18,19)(H2,16,17,20). The molecule has 0 heterocycles. The molecule has 2 amide bonds. The van der Waals surface area contributed by atoms with Gasteiger partial charge >= 0.3 is 12.0 Å². The summed E-state index contributed by atoms with van der Waals surface area (Å²) in [5.74, 6) is -0.423. The lowest BCUT2D eigenvalue weighted by Gasteiger charge is -2.18. The van der Waals surface area contributed by atoms with E-state index in [1.807, 2.05) is 6.92 Å². The van der Waals surface area contributed by atoms with Gasteiger partial charge in [-0.1, -0.05) is 26.7 Å². The van der Waals surface area contributed by atoms with Crippen LogP contribution in [0.1, 0.15) is 52.4 Å². The zero-order valence-corrected chi connectivity index (χ0v) is 13.5. The number of amides is 2. The molecule has 2 unspecified atom stereocenters. The molecule has 0 aliphatic heterocycles. The Balaban J connectivity index is 3.91. The zero-order chi connectivity index (χ0) is 16.1. The molecule has 21 heavy (non-hydrogen) atoms. The summed E-state index contributed by atoms with van der Waals surface area (Å²) in [5, 5.41) is 14.4. The number of carboxylic acids is 1. The average Bonchev–Trinajstić information content (AvgIpc) is 2.42. The second-order valence-electron chi connectivity index (χ2n) is 5.34. The molecular formula is C15H30N2O4. The van der Waals surface area contributed by atoms with Crippen molar-refractivity contribution in [3.8, 4) is 0 Å². The van der Waals surface area contributed by atoms with Gasteiger partial charge in [-0.25, -0.2) is 4.79 Å². The van der Waals surface area contributed by atoms with Crippen LogP contribution in [0.5, 0.6) is 0 Å². The van der Waals surface area contributed by atoms with Gasteiger partial charge in [0.15, 0.2) is 0 Å². The quantitative estimate of drug-likeness (QED) is 0.516. The number of ether oxygens (including phenoxy) is 1. The number of rotatable bonds is 12. The molecule has 0 rings (SSSR count). The van der Waals surface area contributed by atoms with Crippen LogP contribution in [0.15, 0.2) is 0 Å². The van der Waals surface area contributed by atoms with Crippen molar-refractivity contribution in [1.29, 1.82) is 0 Å². The Bertz CT molecular complexity index is 291. The minimum absolute atomic E-state index is 0.0361. The first-order valence-corrected chi connectivity index (χ1v) is 7.78. The van der Waals surface area contributed by atoms with E-state index in [-0.39, 0.29) is 18.5 Å². The number of carbonyl (C=O) groups excluding carboxylic acids is 1. The van der Waals surface area contributed by atoms with Gasteiger partial charge in [0.2, 0.25) is 0 Å². The Morgan fingerprint density at radius 2 is 1.90 bits per heavy atom. The minimum Gasteiger partial charge on any atom is -0.481 e. The maximum Gasteiger partial charge on any atom is 0.315 e. The summed E-state index contributed by atoms with van der Waals surface area (Å²) in [5.41, 5.74) is 0. The molecule has 0 aliphatic carbocycles. The first kappa shape index (κ1) is 19.7. The van der Waals surface area contributed by atoms with Crippen molar-refractivity contribution in [2.45, 2.75) is 58.4 Å². The number of aliphatic carboxylic acids is 1. The highest BCUT2D eigenvalue weighted by Crippen LogP contribution is 2.14. The topological polar surface area (TPSA) is 87.7 Å². The molecular weight excluding hydrogens is 272 g/mol. The van der Waals surface area contributed by atoms with Crippen LogP contribution in [-0.4, -0.2) is 43.4 Å². The van der Waals surface area contributed by atoms with Gasteiger partial charge in [0.1, 0.15) is 0 Å². The highest BCUT2D eigenvalue weighted by Gasteiger charge is 2.12. The molecule has 3 N–H and O–H groups in total. The lowest BCUT2D eigenvalue weighted by Crippen LogP contribution is -2.44. The Labute approximate surface area is 127 Å². The van der Waals surface area contributed by atoms with Crippen LogP contribution in [-0.2, 0) is 9.53 Å². The molecule has 0 bridgehead atoms. The van der Waals surface area contributed by atoms with E-state index in [2.05, 4.69) is 17.6 Å². The van der Waals surface area contributed by atoms with Crippen LogP contribution in [0.2, 0.25) is 0 Å². The molecule has 0 saturated carbocycles. The van der Waals surface area contributed by atoms with Gasteiger partial charge in [-0.3, -0.25) is 4.79 Å². The fraction of sp³-hybridized carbons (Fsp3) is 0.867. The Hall–Kier alpha value is -1.30.